The van der Waals surface area contributed by atoms with Gasteiger partial charge in [-0.3, -0.25) is 0 Å². The van der Waals surface area contributed by atoms with Crippen LogP contribution < -0.4 is 0 Å². The Morgan fingerprint density at radius 3 is 1.95 bits per heavy atom. The van der Waals surface area contributed by atoms with Gasteiger partial charge in [-0.15, -0.1) is 35.7 Å². The first kappa shape index (κ1) is 13.6. The van der Waals surface area contributed by atoms with Crippen molar-refractivity contribution in [3.8, 4) is 0 Å². The molecule has 0 unspecified atom stereocenters. The van der Waals surface area contributed by atoms with Crippen molar-refractivity contribution >= 4 is 21.5 Å². The molecule has 0 saturated carbocycles. The van der Waals surface area contributed by atoms with Crippen molar-refractivity contribution in [3.63, 3.8) is 0 Å². The Kier molecular flexibility index (Phi) is 4.57. The van der Waals surface area contributed by atoms with Gasteiger partial charge in [-0.1, -0.05) is 5.39 Å². The van der Waals surface area contributed by atoms with Gasteiger partial charge in [-0.25, -0.2) is 0 Å². The number of hydrogen-bond acceptors (Lipinski definition) is 0. The summed E-state index contributed by atoms with van der Waals surface area (Å²) in [5.41, 5.74) is 0. The summed E-state index contributed by atoms with van der Waals surface area (Å²) >= 11 is 0. The van der Waals surface area contributed by atoms with Crippen molar-refractivity contribution in [3.05, 3.63) is 84.9 Å². The third-order valence-electron chi connectivity index (χ3n) is 3.10. The summed E-state index contributed by atoms with van der Waals surface area (Å²) in [5.74, 6) is 0. The molecule has 0 saturated heterocycles. The molecule has 1 heteroatoms. The number of rotatable bonds is 0. The van der Waals surface area contributed by atoms with Gasteiger partial charge in [0.2, 0.25) is 0 Å². The van der Waals surface area contributed by atoms with E-state index < -0.39 is 0 Å². The maximum Gasteiger partial charge on any atom is 0 e. The van der Waals surface area contributed by atoms with Crippen LogP contribution in [0.1, 0.15) is 0 Å². The molecular formula is C18H14Fe-6. The Morgan fingerprint density at radius 2 is 1.26 bits per heavy atom. The molecule has 100 valence electrons. The molecule has 4 aromatic carbocycles. The van der Waals surface area contributed by atoms with Crippen LogP contribution in [0.3, 0.4) is 0 Å². The Balaban J connectivity index is 0.000000133. The van der Waals surface area contributed by atoms with E-state index in [4.69, 9.17) is 0 Å². The summed E-state index contributed by atoms with van der Waals surface area (Å²) in [7, 11) is 0. The van der Waals surface area contributed by atoms with Gasteiger partial charge in [0, 0.05) is 17.1 Å². The molecule has 0 aliphatic heterocycles. The maximum absolute atomic E-state index is 2.12. The monoisotopic (exact) mass is 286 g/mol. The average molecular weight is 286 g/mol. The quantitative estimate of drug-likeness (QED) is 0.311. The van der Waals surface area contributed by atoms with Crippen LogP contribution in [0.2, 0.25) is 0 Å². The molecule has 0 spiro atoms. The molecule has 0 fully saturated rings. The van der Waals surface area contributed by atoms with Crippen molar-refractivity contribution in [1.29, 1.82) is 0 Å². The summed E-state index contributed by atoms with van der Waals surface area (Å²) in [6, 6.07) is 29.3. The fraction of sp³-hybridized carbons (Fsp3) is 0. The van der Waals surface area contributed by atoms with Crippen LogP contribution in [-0.4, -0.2) is 0 Å². The minimum atomic E-state index is 0. The molecule has 4 aromatic rings. The second kappa shape index (κ2) is 6.38. The molecule has 0 aromatic heterocycles. The Hall–Kier alpha value is -1.82. The largest absolute Gasteiger partial charge is 0.642 e. The minimum absolute atomic E-state index is 0. The molecular weight excluding hydrogens is 272 g/mol. The summed E-state index contributed by atoms with van der Waals surface area (Å²) < 4.78 is 0. The molecule has 0 N–H and O–H groups in total. The zero-order chi connectivity index (χ0) is 12.2. The van der Waals surface area contributed by atoms with Gasteiger partial charge in [-0.05, 0) is 0 Å². The van der Waals surface area contributed by atoms with Gasteiger partial charge < -0.3 is 53.2 Å². The van der Waals surface area contributed by atoms with Gasteiger partial charge >= 0.3 is 0 Å². The van der Waals surface area contributed by atoms with E-state index in [-0.39, 0.29) is 17.1 Å². The normalized spacial score (nSPS) is 9.68. The van der Waals surface area contributed by atoms with Gasteiger partial charge in [0.05, 0.1) is 0 Å². The van der Waals surface area contributed by atoms with Crippen LogP contribution >= 0.6 is 0 Å². The fourth-order valence-corrected chi connectivity index (χ4v) is 2.14. The molecule has 4 rings (SSSR count). The van der Waals surface area contributed by atoms with E-state index in [0.717, 1.165) is 0 Å². The van der Waals surface area contributed by atoms with Crippen LogP contribution in [-0.2, 0) is 17.1 Å². The number of fused-ring (bicyclic) bond motifs is 2. The van der Waals surface area contributed by atoms with Gasteiger partial charge in [0.15, 0.2) is 0 Å². The number of hydrogen-bond donors (Lipinski definition) is 0. The van der Waals surface area contributed by atoms with Crippen LogP contribution in [0.5, 0.6) is 0 Å². The summed E-state index contributed by atoms with van der Waals surface area (Å²) in [6.45, 7) is 0. The maximum atomic E-state index is 2.12. The predicted molar refractivity (Wildman–Crippen MR) is 79.1 cm³/mol. The van der Waals surface area contributed by atoms with Crippen LogP contribution in [0, 0.1) is 0 Å². The Morgan fingerprint density at radius 1 is 0.684 bits per heavy atom. The van der Waals surface area contributed by atoms with E-state index in [0.29, 0.717) is 0 Å². The third kappa shape index (κ3) is 3.14. The van der Waals surface area contributed by atoms with E-state index in [2.05, 4.69) is 84.9 Å². The smallest absolute Gasteiger partial charge is 0 e. The minimum Gasteiger partial charge on any atom is -0.642 e. The van der Waals surface area contributed by atoms with Crippen molar-refractivity contribution in [1.82, 2.24) is 0 Å². The first-order chi connectivity index (χ1) is 8.93. The second-order valence-corrected chi connectivity index (χ2v) is 4.31. The standard InChI is InChI=1S/2C9H7.Fe/c2*1-2-5-9-7-3-6-8(9)4-1;/h2*1-7H;/q-5;-1;. The molecule has 0 radical (unpaired) electrons. The molecule has 0 bridgehead atoms. The summed E-state index contributed by atoms with van der Waals surface area (Å²) in [4.78, 5) is 0. The zero-order valence-corrected chi connectivity index (χ0v) is 11.5. The molecule has 0 aliphatic rings. The molecule has 19 heavy (non-hydrogen) atoms. The van der Waals surface area contributed by atoms with Crippen molar-refractivity contribution in [2.24, 2.45) is 0 Å². The Labute approximate surface area is 123 Å². The second-order valence-electron chi connectivity index (χ2n) is 4.31. The van der Waals surface area contributed by atoms with Crippen LogP contribution in [0.4, 0.5) is 0 Å². The summed E-state index contributed by atoms with van der Waals surface area (Å²) in [6.07, 6.45) is 0. The SMILES string of the molecule is [Fe].c1cc[c-]2[cH-][cH-][cH-][c-]2c1.c1cc[c-]2cccc2c1. The van der Waals surface area contributed by atoms with Gasteiger partial charge in [0.1, 0.15) is 0 Å². The number of benzene rings is 2. The topological polar surface area (TPSA) is 0 Å². The fourth-order valence-electron chi connectivity index (χ4n) is 2.14. The van der Waals surface area contributed by atoms with E-state index in [1.54, 1.807) is 0 Å². The first-order valence-corrected chi connectivity index (χ1v) is 6.14. The molecule has 0 heterocycles. The van der Waals surface area contributed by atoms with Gasteiger partial charge in [0.25, 0.3) is 0 Å². The van der Waals surface area contributed by atoms with E-state index in [1.807, 2.05) is 0 Å². The molecule has 0 nitrogen and oxygen atoms in total. The molecule has 0 amide bonds. The van der Waals surface area contributed by atoms with E-state index in [9.17, 15) is 0 Å². The Bertz CT molecular complexity index is 620. The van der Waals surface area contributed by atoms with Crippen molar-refractivity contribution < 1.29 is 17.1 Å². The predicted octanol–water partition coefficient (Wildman–Crippen LogP) is 5.11. The first-order valence-electron chi connectivity index (χ1n) is 6.14. The van der Waals surface area contributed by atoms with Crippen molar-refractivity contribution in [2.45, 2.75) is 0 Å². The van der Waals surface area contributed by atoms with Gasteiger partial charge in [-0.2, -0.15) is 12.1 Å². The van der Waals surface area contributed by atoms with Crippen LogP contribution in [0.15, 0.2) is 84.9 Å². The summed E-state index contributed by atoms with van der Waals surface area (Å²) in [5, 5.41) is 5.32. The molecule has 0 atom stereocenters. The molecule has 0 aliphatic carbocycles. The third-order valence-corrected chi connectivity index (χ3v) is 3.10. The zero-order valence-electron chi connectivity index (χ0n) is 10.4. The van der Waals surface area contributed by atoms with E-state index in [1.165, 1.54) is 21.5 Å². The van der Waals surface area contributed by atoms with Crippen LogP contribution in [0.25, 0.3) is 21.5 Å². The van der Waals surface area contributed by atoms with E-state index >= 15 is 0 Å². The average Bonchev–Trinajstić information content (AvgIpc) is 3.08. The van der Waals surface area contributed by atoms with Crippen molar-refractivity contribution in [2.75, 3.05) is 0 Å².